The monoisotopic (exact) mass is 291 g/mol. The standard InChI is InChI=1S/C11H18BrNOS/c1-3-9(14)4-5-13-7-10-6-8(2)11(12)15-10/h6,9,13-14H,3-5,7H2,1-2H3. The van der Waals surface area contributed by atoms with Gasteiger partial charge in [-0.15, -0.1) is 11.3 Å². The molecule has 0 bridgehead atoms. The average molecular weight is 292 g/mol. The molecule has 0 aliphatic heterocycles. The smallest absolute Gasteiger partial charge is 0.0730 e. The number of rotatable bonds is 6. The van der Waals surface area contributed by atoms with Crippen molar-refractivity contribution in [2.75, 3.05) is 6.54 Å². The van der Waals surface area contributed by atoms with Gasteiger partial charge in [-0.25, -0.2) is 0 Å². The largest absolute Gasteiger partial charge is 0.393 e. The summed E-state index contributed by atoms with van der Waals surface area (Å²) in [6, 6.07) is 2.19. The molecule has 0 saturated carbocycles. The second-order valence-corrected chi connectivity index (χ2v) is 6.15. The van der Waals surface area contributed by atoms with Gasteiger partial charge in [0, 0.05) is 11.4 Å². The highest BCUT2D eigenvalue weighted by molar-refractivity contribution is 9.11. The maximum Gasteiger partial charge on any atom is 0.0730 e. The Bertz CT molecular complexity index is 281. The van der Waals surface area contributed by atoms with Gasteiger partial charge in [-0.2, -0.15) is 0 Å². The van der Waals surface area contributed by atoms with Crippen molar-refractivity contribution in [3.8, 4) is 0 Å². The summed E-state index contributed by atoms with van der Waals surface area (Å²) >= 11 is 5.28. The number of hydrogen-bond acceptors (Lipinski definition) is 3. The number of halogens is 1. The van der Waals surface area contributed by atoms with Crippen molar-refractivity contribution in [1.82, 2.24) is 5.32 Å². The number of aryl methyl sites for hydroxylation is 1. The van der Waals surface area contributed by atoms with Gasteiger partial charge < -0.3 is 10.4 Å². The molecular formula is C11H18BrNOS. The van der Waals surface area contributed by atoms with E-state index in [9.17, 15) is 5.11 Å². The lowest BCUT2D eigenvalue weighted by atomic mass is 10.2. The summed E-state index contributed by atoms with van der Waals surface area (Å²) in [5.74, 6) is 0. The van der Waals surface area contributed by atoms with E-state index in [1.807, 2.05) is 6.92 Å². The predicted octanol–water partition coefficient (Wildman–Crippen LogP) is 3.07. The molecule has 2 N–H and O–H groups in total. The maximum absolute atomic E-state index is 9.36. The van der Waals surface area contributed by atoms with Crippen LogP contribution in [0.15, 0.2) is 9.85 Å². The molecule has 1 unspecified atom stereocenters. The second kappa shape index (κ2) is 6.63. The molecule has 1 aromatic rings. The van der Waals surface area contributed by atoms with Gasteiger partial charge >= 0.3 is 0 Å². The third-order valence-electron chi connectivity index (χ3n) is 2.33. The summed E-state index contributed by atoms with van der Waals surface area (Å²) in [6.07, 6.45) is 1.52. The number of nitrogens with one attached hydrogen (secondary N) is 1. The fourth-order valence-corrected chi connectivity index (χ4v) is 2.89. The van der Waals surface area contributed by atoms with E-state index in [4.69, 9.17) is 0 Å². The molecule has 1 rings (SSSR count). The van der Waals surface area contributed by atoms with E-state index < -0.39 is 0 Å². The Morgan fingerprint density at radius 1 is 1.60 bits per heavy atom. The summed E-state index contributed by atoms with van der Waals surface area (Å²) in [4.78, 5) is 1.34. The van der Waals surface area contributed by atoms with Gasteiger partial charge in [0.15, 0.2) is 0 Å². The van der Waals surface area contributed by atoms with Crippen LogP contribution < -0.4 is 5.32 Å². The highest BCUT2D eigenvalue weighted by Crippen LogP contribution is 2.26. The first-order valence-corrected chi connectivity index (χ1v) is 6.88. The van der Waals surface area contributed by atoms with Gasteiger partial charge in [-0.3, -0.25) is 0 Å². The Labute approximate surface area is 104 Å². The maximum atomic E-state index is 9.36. The van der Waals surface area contributed by atoms with Crippen LogP contribution in [0.4, 0.5) is 0 Å². The SMILES string of the molecule is CCC(O)CCNCc1cc(C)c(Br)s1. The normalized spacial score (nSPS) is 13.1. The molecule has 1 atom stereocenters. The third-order valence-corrected chi connectivity index (χ3v) is 4.47. The van der Waals surface area contributed by atoms with Gasteiger partial charge in [-0.05, 0) is 53.9 Å². The first-order valence-electron chi connectivity index (χ1n) is 5.27. The quantitative estimate of drug-likeness (QED) is 0.790. The highest BCUT2D eigenvalue weighted by Gasteiger charge is 2.03. The van der Waals surface area contributed by atoms with Gasteiger partial charge in [0.1, 0.15) is 0 Å². The molecule has 0 aliphatic rings. The van der Waals surface area contributed by atoms with Crippen LogP contribution in [-0.4, -0.2) is 17.8 Å². The fraction of sp³-hybridized carbons (Fsp3) is 0.636. The lowest BCUT2D eigenvalue weighted by molar-refractivity contribution is 0.160. The second-order valence-electron chi connectivity index (χ2n) is 3.70. The Morgan fingerprint density at radius 2 is 2.33 bits per heavy atom. The van der Waals surface area contributed by atoms with Gasteiger partial charge in [0.05, 0.1) is 9.89 Å². The van der Waals surface area contributed by atoms with Crippen LogP contribution in [0, 0.1) is 6.92 Å². The molecule has 15 heavy (non-hydrogen) atoms. The Morgan fingerprint density at radius 3 is 2.87 bits per heavy atom. The molecule has 2 nitrogen and oxygen atoms in total. The molecule has 0 spiro atoms. The molecule has 0 radical (unpaired) electrons. The van der Waals surface area contributed by atoms with Crippen LogP contribution >= 0.6 is 27.3 Å². The zero-order chi connectivity index (χ0) is 11.3. The average Bonchev–Trinajstić information content (AvgIpc) is 2.53. The Kier molecular flexibility index (Phi) is 5.82. The van der Waals surface area contributed by atoms with Crippen molar-refractivity contribution in [3.63, 3.8) is 0 Å². The molecule has 0 amide bonds. The number of aliphatic hydroxyl groups is 1. The van der Waals surface area contributed by atoms with Crippen molar-refractivity contribution in [2.24, 2.45) is 0 Å². The van der Waals surface area contributed by atoms with Crippen molar-refractivity contribution in [1.29, 1.82) is 0 Å². The molecule has 86 valence electrons. The molecule has 1 heterocycles. The minimum Gasteiger partial charge on any atom is -0.393 e. The topological polar surface area (TPSA) is 32.3 Å². The van der Waals surface area contributed by atoms with E-state index in [0.29, 0.717) is 0 Å². The summed E-state index contributed by atoms with van der Waals surface area (Å²) in [5.41, 5.74) is 1.30. The summed E-state index contributed by atoms with van der Waals surface area (Å²) in [6.45, 7) is 5.88. The van der Waals surface area contributed by atoms with Crippen LogP contribution in [0.3, 0.4) is 0 Å². The van der Waals surface area contributed by atoms with Gasteiger partial charge in [-0.1, -0.05) is 6.92 Å². The third kappa shape index (κ3) is 4.64. The van der Waals surface area contributed by atoms with Crippen LogP contribution in [0.1, 0.15) is 30.2 Å². The number of hydrogen-bond donors (Lipinski definition) is 2. The Hall–Kier alpha value is 0.1000. The van der Waals surface area contributed by atoms with E-state index in [2.05, 4.69) is 34.2 Å². The van der Waals surface area contributed by atoms with Crippen molar-refractivity contribution in [2.45, 2.75) is 39.3 Å². The fourth-order valence-electron chi connectivity index (χ4n) is 1.29. The number of thiophene rings is 1. The lowest BCUT2D eigenvalue weighted by Crippen LogP contribution is -2.19. The van der Waals surface area contributed by atoms with Crippen LogP contribution in [0.25, 0.3) is 0 Å². The van der Waals surface area contributed by atoms with Crippen molar-refractivity contribution >= 4 is 27.3 Å². The van der Waals surface area contributed by atoms with E-state index >= 15 is 0 Å². The van der Waals surface area contributed by atoms with Crippen LogP contribution in [0.2, 0.25) is 0 Å². The van der Waals surface area contributed by atoms with Gasteiger partial charge in [0.25, 0.3) is 0 Å². The first-order chi connectivity index (χ1) is 7.13. The zero-order valence-corrected chi connectivity index (χ0v) is 11.6. The van der Waals surface area contributed by atoms with E-state index in [1.54, 1.807) is 11.3 Å². The molecule has 0 saturated heterocycles. The van der Waals surface area contributed by atoms with E-state index in [1.165, 1.54) is 14.2 Å². The summed E-state index contributed by atoms with van der Waals surface area (Å²) in [7, 11) is 0. The van der Waals surface area contributed by atoms with Crippen molar-refractivity contribution < 1.29 is 5.11 Å². The lowest BCUT2D eigenvalue weighted by Gasteiger charge is -2.07. The van der Waals surface area contributed by atoms with Crippen LogP contribution in [-0.2, 0) is 6.54 Å². The molecule has 0 aliphatic carbocycles. The van der Waals surface area contributed by atoms with E-state index in [-0.39, 0.29) is 6.10 Å². The minimum atomic E-state index is -0.158. The predicted molar refractivity (Wildman–Crippen MR) is 69.4 cm³/mol. The first kappa shape index (κ1) is 13.2. The van der Waals surface area contributed by atoms with E-state index in [0.717, 1.165) is 25.9 Å². The summed E-state index contributed by atoms with van der Waals surface area (Å²) in [5, 5.41) is 12.7. The molecule has 4 heteroatoms. The molecule has 0 aromatic carbocycles. The molecule has 0 fully saturated rings. The highest BCUT2D eigenvalue weighted by atomic mass is 79.9. The Balaban J connectivity index is 2.20. The number of aliphatic hydroxyl groups excluding tert-OH is 1. The minimum absolute atomic E-state index is 0.158. The molecular weight excluding hydrogens is 274 g/mol. The van der Waals surface area contributed by atoms with Crippen molar-refractivity contribution in [3.05, 3.63) is 20.3 Å². The molecule has 1 aromatic heterocycles. The zero-order valence-electron chi connectivity index (χ0n) is 9.22. The van der Waals surface area contributed by atoms with Gasteiger partial charge in [0.2, 0.25) is 0 Å². The summed E-state index contributed by atoms with van der Waals surface area (Å²) < 4.78 is 1.22. The van der Waals surface area contributed by atoms with Crippen LogP contribution in [0.5, 0.6) is 0 Å².